The van der Waals surface area contributed by atoms with Gasteiger partial charge in [-0.3, -0.25) is 15.0 Å². The van der Waals surface area contributed by atoms with Crippen molar-refractivity contribution in [1.82, 2.24) is 9.55 Å². The zero-order valence-electron chi connectivity index (χ0n) is 10.1. The van der Waals surface area contributed by atoms with E-state index in [-0.39, 0.29) is 5.49 Å². The molecule has 4 atom stereocenters. The van der Waals surface area contributed by atoms with E-state index >= 15 is 0 Å². The molecular formula is C10H13F2N3O5. The van der Waals surface area contributed by atoms with Gasteiger partial charge in [-0.25, -0.2) is 13.6 Å². The number of aliphatic hydroxyl groups is 3. The van der Waals surface area contributed by atoms with Gasteiger partial charge in [-0.15, -0.1) is 0 Å². The maximum absolute atomic E-state index is 14.2. The third-order valence-electron chi connectivity index (χ3n) is 3.20. The van der Waals surface area contributed by atoms with Crippen molar-refractivity contribution in [2.75, 3.05) is 13.3 Å². The first kappa shape index (κ1) is 14.8. The zero-order valence-corrected chi connectivity index (χ0v) is 10.1. The highest BCUT2D eigenvalue weighted by molar-refractivity contribution is 5.05. The fourth-order valence-electron chi connectivity index (χ4n) is 2.02. The van der Waals surface area contributed by atoms with E-state index < -0.39 is 42.8 Å². The van der Waals surface area contributed by atoms with Crippen molar-refractivity contribution in [3.05, 3.63) is 28.2 Å². The number of nitrogens with zero attached hydrogens (tertiary/aromatic N) is 1. The van der Waals surface area contributed by atoms with Gasteiger partial charge in [-0.05, 0) is 6.07 Å². The third-order valence-corrected chi connectivity index (χ3v) is 3.20. The molecule has 0 bridgehead atoms. The van der Waals surface area contributed by atoms with Crippen LogP contribution in [0.25, 0.3) is 0 Å². The fourth-order valence-corrected chi connectivity index (χ4v) is 2.02. The molecule has 1 saturated heterocycles. The Morgan fingerprint density at radius 2 is 2.25 bits per heavy atom. The number of aromatic amines is 1. The van der Waals surface area contributed by atoms with E-state index in [0.29, 0.717) is 4.57 Å². The van der Waals surface area contributed by atoms with Gasteiger partial charge >= 0.3 is 5.69 Å². The van der Waals surface area contributed by atoms with Crippen LogP contribution in [0.2, 0.25) is 0 Å². The number of H-pyrrole nitrogens is 1. The van der Waals surface area contributed by atoms with Gasteiger partial charge in [0.1, 0.15) is 12.2 Å². The summed E-state index contributed by atoms with van der Waals surface area (Å²) in [5.74, 6) is -3.49. The third kappa shape index (κ3) is 1.97. The molecule has 0 amide bonds. The Morgan fingerprint density at radius 1 is 1.60 bits per heavy atom. The van der Waals surface area contributed by atoms with E-state index in [1.54, 1.807) is 0 Å². The van der Waals surface area contributed by atoms with Crippen molar-refractivity contribution < 1.29 is 28.8 Å². The lowest BCUT2D eigenvalue weighted by molar-refractivity contribution is -0.197. The van der Waals surface area contributed by atoms with Crippen molar-refractivity contribution >= 4 is 0 Å². The van der Waals surface area contributed by atoms with Gasteiger partial charge in [0.15, 0.2) is 11.7 Å². The SMILES string of the molecule is N=c1ccn([C@@H]2O[C@@](CO)(CF)[C@@H](O)[C@]2(O)F)c(=O)[nH]1. The van der Waals surface area contributed by atoms with Crippen molar-refractivity contribution in [2.24, 2.45) is 0 Å². The molecule has 2 rings (SSSR count). The Morgan fingerprint density at radius 3 is 2.70 bits per heavy atom. The first-order chi connectivity index (χ1) is 9.28. The van der Waals surface area contributed by atoms with Crippen molar-refractivity contribution in [3.63, 3.8) is 0 Å². The predicted octanol–water partition coefficient (Wildman–Crippen LogP) is -2.10. The molecule has 0 spiro atoms. The molecule has 0 aromatic carbocycles. The topological polar surface area (TPSA) is 132 Å². The average molecular weight is 293 g/mol. The lowest BCUT2D eigenvalue weighted by Crippen LogP contribution is -2.52. The zero-order chi connectivity index (χ0) is 15.1. The highest BCUT2D eigenvalue weighted by Crippen LogP contribution is 2.44. The Labute approximate surface area is 110 Å². The summed E-state index contributed by atoms with van der Waals surface area (Å²) in [6.07, 6.45) is -3.52. The molecular weight excluding hydrogens is 280 g/mol. The summed E-state index contributed by atoms with van der Waals surface area (Å²) < 4.78 is 32.5. The van der Waals surface area contributed by atoms with Crippen LogP contribution in [0.5, 0.6) is 0 Å². The molecule has 20 heavy (non-hydrogen) atoms. The quantitative estimate of drug-likeness (QED) is 0.436. The summed E-state index contributed by atoms with van der Waals surface area (Å²) in [6, 6.07) is 1.07. The largest absolute Gasteiger partial charge is 0.393 e. The van der Waals surface area contributed by atoms with Crippen LogP contribution in [0.1, 0.15) is 6.23 Å². The van der Waals surface area contributed by atoms with Crippen LogP contribution in [-0.4, -0.2) is 55.7 Å². The molecule has 1 aromatic heterocycles. The Balaban J connectivity index is 2.52. The van der Waals surface area contributed by atoms with Crippen molar-refractivity contribution in [1.29, 1.82) is 5.41 Å². The van der Waals surface area contributed by atoms with Gasteiger partial charge in [-0.1, -0.05) is 0 Å². The summed E-state index contributed by atoms with van der Waals surface area (Å²) in [5.41, 5.74) is -3.64. The number of aliphatic hydroxyl groups excluding tert-OH is 2. The van der Waals surface area contributed by atoms with Gasteiger partial charge in [0, 0.05) is 6.20 Å². The van der Waals surface area contributed by atoms with Crippen LogP contribution in [0.15, 0.2) is 17.1 Å². The molecule has 0 aliphatic carbocycles. The van der Waals surface area contributed by atoms with Crippen LogP contribution in [0.4, 0.5) is 8.78 Å². The molecule has 1 aliphatic heterocycles. The summed E-state index contributed by atoms with van der Waals surface area (Å²) in [4.78, 5) is 13.6. The van der Waals surface area contributed by atoms with Gasteiger partial charge in [0.05, 0.1) is 6.61 Å². The van der Waals surface area contributed by atoms with Gasteiger partial charge < -0.3 is 20.1 Å². The van der Waals surface area contributed by atoms with E-state index in [0.717, 1.165) is 12.3 Å². The van der Waals surface area contributed by atoms with Crippen LogP contribution in [0, 0.1) is 5.41 Å². The van der Waals surface area contributed by atoms with E-state index in [1.807, 2.05) is 4.98 Å². The van der Waals surface area contributed by atoms with Crippen molar-refractivity contribution in [3.8, 4) is 0 Å². The smallest absolute Gasteiger partial charge is 0.329 e. The van der Waals surface area contributed by atoms with E-state index in [4.69, 9.17) is 15.3 Å². The molecule has 1 aromatic rings. The van der Waals surface area contributed by atoms with Crippen LogP contribution in [-0.2, 0) is 4.74 Å². The maximum atomic E-state index is 14.2. The normalized spacial score (nSPS) is 37.2. The molecule has 1 aliphatic rings. The first-order valence-corrected chi connectivity index (χ1v) is 5.58. The Hall–Kier alpha value is -1.62. The second-order valence-electron chi connectivity index (χ2n) is 4.52. The fraction of sp³-hybridized carbons (Fsp3) is 0.600. The van der Waals surface area contributed by atoms with Gasteiger partial charge in [0.25, 0.3) is 5.85 Å². The maximum Gasteiger partial charge on any atom is 0.329 e. The van der Waals surface area contributed by atoms with E-state index in [1.165, 1.54) is 0 Å². The van der Waals surface area contributed by atoms with Gasteiger partial charge in [-0.2, -0.15) is 0 Å². The molecule has 5 N–H and O–H groups in total. The Kier molecular flexibility index (Phi) is 3.50. The van der Waals surface area contributed by atoms with Crippen LogP contribution in [0.3, 0.4) is 0 Å². The average Bonchev–Trinajstić information content (AvgIpc) is 2.60. The van der Waals surface area contributed by atoms with E-state index in [2.05, 4.69) is 0 Å². The Bertz CT molecular complexity index is 609. The lowest BCUT2D eigenvalue weighted by Gasteiger charge is -2.26. The number of hydrogen-bond acceptors (Lipinski definition) is 6. The summed E-state index contributed by atoms with van der Waals surface area (Å²) >= 11 is 0. The molecule has 10 heteroatoms. The minimum Gasteiger partial charge on any atom is -0.393 e. The second kappa shape index (κ2) is 4.74. The first-order valence-electron chi connectivity index (χ1n) is 5.58. The molecule has 0 radical (unpaired) electrons. The minimum absolute atomic E-state index is 0.272. The van der Waals surface area contributed by atoms with E-state index in [9.17, 15) is 23.8 Å². The minimum atomic E-state index is -3.49. The number of aromatic nitrogens is 2. The number of ether oxygens (including phenoxy) is 1. The lowest BCUT2D eigenvalue weighted by atomic mass is 9.96. The van der Waals surface area contributed by atoms with Crippen LogP contribution < -0.4 is 11.2 Å². The van der Waals surface area contributed by atoms with Gasteiger partial charge in [0.2, 0.25) is 6.23 Å². The van der Waals surface area contributed by atoms with Crippen LogP contribution >= 0.6 is 0 Å². The predicted molar refractivity (Wildman–Crippen MR) is 58.9 cm³/mol. The monoisotopic (exact) mass is 293 g/mol. The molecule has 8 nitrogen and oxygen atoms in total. The molecule has 2 heterocycles. The molecule has 112 valence electrons. The standard InChI is InChI=1S/C10H13F2N3O5/c11-3-9(4-16)6(17)10(12,19)7(20-9)15-2-1-5(13)14-8(15)18/h1-2,6-7,16-17,19H,3-4H2,(H2,13,14,18)/t6-,7-,9-,10-/m1/s1. The number of nitrogens with one attached hydrogen (secondary N) is 2. The number of halogens is 2. The highest BCUT2D eigenvalue weighted by Gasteiger charge is 2.65. The highest BCUT2D eigenvalue weighted by atomic mass is 19.2. The number of alkyl halides is 2. The molecule has 0 saturated carbocycles. The summed E-state index contributed by atoms with van der Waals surface area (Å²) in [6.45, 7) is -2.56. The molecule has 1 fully saturated rings. The number of hydrogen-bond donors (Lipinski definition) is 5. The second-order valence-corrected chi connectivity index (χ2v) is 4.52. The van der Waals surface area contributed by atoms with Crippen molar-refractivity contribution in [2.45, 2.75) is 23.8 Å². The summed E-state index contributed by atoms with van der Waals surface area (Å²) in [7, 11) is 0. The number of rotatable bonds is 3. The molecule has 0 unspecified atom stereocenters. The summed E-state index contributed by atoms with van der Waals surface area (Å²) in [5, 5.41) is 35.5.